The maximum atomic E-state index is 12.3. The minimum absolute atomic E-state index is 0.217. The fraction of sp³-hybridized carbons (Fsp3) is 0.167. The van der Waals surface area contributed by atoms with Crippen molar-refractivity contribution in [2.24, 2.45) is 0 Å². The summed E-state index contributed by atoms with van der Waals surface area (Å²) in [6.45, 7) is 0.809. The molecular formula is C24H21NO3. The molecule has 0 unspecified atom stereocenters. The largest absolute Gasteiger partial charge is 0.494 e. The Bertz CT molecular complexity index is 945. The molecule has 3 aromatic rings. The number of imide groups is 1. The molecule has 0 N–H and O–H groups in total. The molecule has 140 valence electrons. The topological polar surface area (TPSA) is 46.6 Å². The van der Waals surface area contributed by atoms with Gasteiger partial charge in [-0.25, -0.2) is 0 Å². The van der Waals surface area contributed by atoms with Gasteiger partial charge in [-0.05, 0) is 48.2 Å². The number of nitrogens with zero attached hydrogens (tertiary/aromatic N) is 1. The van der Waals surface area contributed by atoms with Gasteiger partial charge in [0, 0.05) is 6.54 Å². The van der Waals surface area contributed by atoms with Crippen LogP contribution in [0.3, 0.4) is 0 Å². The Morgan fingerprint density at radius 2 is 1.25 bits per heavy atom. The summed E-state index contributed by atoms with van der Waals surface area (Å²) in [6.07, 6.45) is 1.48. The average Bonchev–Trinajstić information content (AvgIpc) is 2.98. The van der Waals surface area contributed by atoms with Gasteiger partial charge in [-0.15, -0.1) is 0 Å². The van der Waals surface area contributed by atoms with Crippen LogP contribution in [0.2, 0.25) is 0 Å². The number of ether oxygens (including phenoxy) is 1. The molecule has 1 aliphatic rings. The molecule has 0 atom stereocenters. The second kappa shape index (κ2) is 8.09. The van der Waals surface area contributed by atoms with Crippen LogP contribution < -0.4 is 4.74 Å². The molecule has 28 heavy (non-hydrogen) atoms. The summed E-state index contributed by atoms with van der Waals surface area (Å²) in [5.41, 5.74) is 3.48. The Hall–Kier alpha value is -3.40. The van der Waals surface area contributed by atoms with Gasteiger partial charge in [-0.1, -0.05) is 54.6 Å². The number of hydrogen-bond donors (Lipinski definition) is 0. The van der Waals surface area contributed by atoms with Crippen molar-refractivity contribution < 1.29 is 14.3 Å². The van der Waals surface area contributed by atoms with Crippen molar-refractivity contribution in [1.29, 1.82) is 0 Å². The normalized spacial score (nSPS) is 12.9. The second-order valence-corrected chi connectivity index (χ2v) is 6.82. The fourth-order valence-corrected chi connectivity index (χ4v) is 3.39. The van der Waals surface area contributed by atoms with E-state index in [4.69, 9.17) is 4.74 Å². The van der Waals surface area contributed by atoms with E-state index >= 15 is 0 Å². The van der Waals surface area contributed by atoms with Crippen LogP contribution in [0.25, 0.3) is 0 Å². The van der Waals surface area contributed by atoms with E-state index in [0.717, 1.165) is 12.2 Å². The van der Waals surface area contributed by atoms with Crippen LogP contribution in [0.4, 0.5) is 0 Å². The molecule has 0 aliphatic carbocycles. The zero-order chi connectivity index (χ0) is 19.3. The summed E-state index contributed by atoms with van der Waals surface area (Å²) in [7, 11) is 0. The van der Waals surface area contributed by atoms with Gasteiger partial charge in [-0.3, -0.25) is 14.5 Å². The molecule has 1 aliphatic heterocycles. The van der Waals surface area contributed by atoms with Crippen LogP contribution in [0.5, 0.6) is 5.75 Å². The van der Waals surface area contributed by atoms with E-state index in [9.17, 15) is 9.59 Å². The first-order valence-corrected chi connectivity index (χ1v) is 9.43. The highest BCUT2D eigenvalue weighted by molar-refractivity contribution is 6.21. The standard InChI is InChI=1S/C24H21NO3/c26-23-21-9-4-5-10-22(21)24(27)25(23)15-6-16-28-20-13-11-19(12-14-20)17-18-7-2-1-3-8-18/h1-5,7-14H,6,15-17H2. The number of fused-ring (bicyclic) bond motifs is 1. The van der Waals surface area contributed by atoms with Crippen molar-refractivity contribution in [1.82, 2.24) is 4.90 Å². The molecule has 0 fully saturated rings. The molecule has 0 spiro atoms. The molecule has 4 rings (SSSR count). The average molecular weight is 371 g/mol. The van der Waals surface area contributed by atoms with Gasteiger partial charge in [0.2, 0.25) is 0 Å². The van der Waals surface area contributed by atoms with Gasteiger partial charge in [0.1, 0.15) is 5.75 Å². The van der Waals surface area contributed by atoms with Gasteiger partial charge in [0.05, 0.1) is 17.7 Å². The van der Waals surface area contributed by atoms with E-state index in [-0.39, 0.29) is 11.8 Å². The summed E-state index contributed by atoms with van der Waals surface area (Å²) < 4.78 is 5.77. The van der Waals surface area contributed by atoms with Crippen molar-refractivity contribution in [2.75, 3.05) is 13.2 Å². The predicted octanol–water partition coefficient (Wildman–Crippen LogP) is 4.34. The van der Waals surface area contributed by atoms with E-state index in [1.54, 1.807) is 24.3 Å². The Morgan fingerprint density at radius 1 is 0.679 bits per heavy atom. The van der Waals surface area contributed by atoms with Crippen LogP contribution >= 0.6 is 0 Å². The first-order chi connectivity index (χ1) is 13.7. The Balaban J connectivity index is 1.26. The number of carbonyl (C=O) groups excluding carboxylic acids is 2. The Labute approximate surface area is 164 Å². The molecule has 1 heterocycles. The third-order valence-corrected chi connectivity index (χ3v) is 4.85. The minimum Gasteiger partial charge on any atom is -0.494 e. The van der Waals surface area contributed by atoms with Gasteiger partial charge < -0.3 is 4.74 Å². The molecule has 0 radical (unpaired) electrons. The smallest absolute Gasteiger partial charge is 0.261 e. The fourth-order valence-electron chi connectivity index (χ4n) is 3.39. The van der Waals surface area contributed by atoms with Gasteiger partial charge >= 0.3 is 0 Å². The monoisotopic (exact) mass is 371 g/mol. The number of benzene rings is 3. The van der Waals surface area contributed by atoms with Gasteiger partial charge in [-0.2, -0.15) is 0 Å². The quantitative estimate of drug-likeness (QED) is 0.458. The van der Waals surface area contributed by atoms with Gasteiger partial charge in [0.15, 0.2) is 0 Å². The summed E-state index contributed by atoms with van der Waals surface area (Å²) in [6, 6.07) is 25.3. The molecule has 0 bridgehead atoms. The SMILES string of the molecule is O=C1c2ccccc2C(=O)N1CCCOc1ccc(Cc2ccccc2)cc1. The highest BCUT2D eigenvalue weighted by Gasteiger charge is 2.34. The van der Waals surface area contributed by atoms with E-state index in [1.807, 2.05) is 30.3 Å². The maximum absolute atomic E-state index is 12.3. The van der Waals surface area contributed by atoms with Crippen LogP contribution in [0.15, 0.2) is 78.9 Å². The van der Waals surface area contributed by atoms with E-state index in [2.05, 4.69) is 24.3 Å². The minimum atomic E-state index is -0.217. The van der Waals surface area contributed by atoms with Crippen molar-refractivity contribution in [3.63, 3.8) is 0 Å². The van der Waals surface area contributed by atoms with E-state index < -0.39 is 0 Å². The Morgan fingerprint density at radius 3 is 1.89 bits per heavy atom. The number of hydrogen-bond acceptors (Lipinski definition) is 3. The summed E-state index contributed by atoms with van der Waals surface area (Å²) in [5, 5.41) is 0. The lowest BCUT2D eigenvalue weighted by atomic mass is 10.1. The lowest BCUT2D eigenvalue weighted by molar-refractivity contribution is 0.0647. The van der Waals surface area contributed by atoms with E-state index in [0.29, 0.717) is 30.7 Å². The highest BCUT2D eigenvalue weighted by Crippen LogP contribution is 2.22. The number of amides is 2. The maximum Gasteiger partial charge on any atom is 0.261 e. The van der Waals surface area contributed by atoms with Crippen molar-refractivity contribution >= 4 is 11.8 Å². The molecule has 4 heteroatoms. The summed E-state index contributed by atoms with van der Waals surface area (Å²) >= 11 is 0. The molecule has 0 saturated heterocycles. The van der Waals surface area contributed by atoms with Crippen molar-refractivity contribution in [3.8, 4) is 5.75 Å². The highest BCUT2D eigenvalue weighted by atomic mass is 16.5. The van der Waals surface area contributed by atoms with Crippen LogP contribution in [0.1, 0.15) is 38.3 Å². The third kappa shape index (κ3) is 3.81. The summed E-state index contributed by atoms with van der Waals surface area (Å²) in [5.74, 6) is 0.357. The van der Waals surface area contributed by atoms with Crippen LogP contribution in [-0.2, 0) is 6.42 Å². The van der Waals surface area contributed by atoms with Gasteiger partial charge in [0.25, 0.3) is 11.8 Å². The molecule has 4 nitrogen and oxygen atoms in total. The third-order valence-electron chi connectivity index (χ3n) is 4.85. The summed E-state index contributed by atoms with van der Waals surface area (Å²) in [4.78, 5) is 25.9. The predicted molar refractivity (Wildman–Crippen MR) is 108 cm³/mol. The molecule has 0 aromatic heterocycles. The molecule has 2 amide bonds. The van der Waals surface area contributed by atoms with E-state index in [1.165, 1.54) is 16.0 Å². The first-order valence-electron chi connectivity index (χ1n) is 9.43. The Kier molecular flexibility index (Phi) is 5.20. The van der Waals surface area contributed by atoms with Crippen LogP contribution in [-0.4, -0.2) is 29.9 Å². The second-order valence-electron chi connectivity index (χ2n) is 6.82. The molecular weight excluding hydrogens is 350 g/mol. The number of carbonyl (C=O) groups is 2. The molecule has 3 aromatic carbocycles. The first kappa shape index (κ1) is 18.0. The lowest BCUT2D eigenvalue weighted by Crippen LogP contribution is -2.31. The van der Waals surface area contributed by atoms with Crippen molar-refractivity contribution in [3.05, 3.63) is 101 Å². The van der Waals surface area contributed by atoms with Crippen molar-refractivity contribution in [2.45, 2.75) is 12.8 Å². The lowest BCUT2D eigenvalue weighted by Gasteiger charge is -2.14. The molecule has 0 saturated carbocycles. The zero-order valence-corrected chi connectivity index (χ0v) is 15.5. The zero-order valence-electron chi connectivity index (χ0n) is 15.5. The number of rotatable bonds is 7. The van der Waals surface area contributed by atoms with Crippen LogP contribution in [0, 0.1) is 0 Å².